The third-order valence-corrected chi connectivity index (χ3v) is 3.93. The Kier molecular flexibility index (Phi) is 2.39. The van der Waals surface area contributed by atoms with Crippen molar-refractivity contribution in [3.63, 3.8) is 0 Å². The second kappa shape index (κ2) is 4.23. The van der Waals surface area contributed by atoms with Crippen molar-refractivity contribution in [1.82, 2.24) is 4.57 Å². The minimum atomic E-state index is 0.787. The Morgan fingerprint density at radius 2 is 1.80 bits per heavy atom. The molecule has 1 aromatic carbocycles. The number of allylic oxidation sites excluding steroid dienone is 2. The van der Waals surface area contributed by atoms with Crippen LogP contribution in [0.15, 0.2) is 41.4 Å². The third-order valence-electron chi connectivity index (χ3n) is 3.93. The van der Waals surface area contributed by atoms with Crippen molar-refractivity contribution in [2.24, 2.45) is 4.99 Å². The predicted octanol–water partition coefficient (Wildman–Crippen LogP) is 1.32. The number of rotatable bonds is 1. The molecule has 0 amide bonds. The fourth-order valence-corrected chi connectivity index (χ4v) is 2.99. The van der Waals surface area contributed by atoms with Gasteiger partial charge in [0.25, 0.3) is 0 Å². The lowest BCUT2D eigenvalue weighted by molar-refractivity contribution is 0.974. The number of nitrogens with zero attached hydrogens (tertiary/aromatic N) is 2. The average molecular weight is 261 g/mol. The largest absolute Gasteiger partial charge is 0.399 e. The van der Waals surface area contributed by atoms with E-state index in [2.05, 4.69) is 39.9 Å². The molecule has 1 aromatic heterocycles. The molecule has 0 saturated heterocycles. The topological polar surface area (TPSA) is 43.3 Å². The normalized spacial score (nSPS) is 15.2. The molecule has 2 aromatic rings. The van der Waals surface area contributed by atoms with Gasteiger partial charge in [0.2, 0.25) is 0 Å². The first-order chi connectivity index (χ1) is 9.84. The van der Waals surface area contributed by atoms with Gasteiger partial charge < -0.3 is 10.3 Å². The summed E-state index contributed by atoms with van der Waals surface area (Å²) >= 11 is 0. The summed E-state index contributed by atoms with van der Waals surface area (Å²) in [6.07, 6.45) is 12.4. The van der Waals surface area contributed by atoms with Crippen molar-refractivity contribution in [3.8, 4) is 5.69 Å². The van der Waals surface area contributed by atoms with E-state index in [4.69, 9.17) is 5.73 Å². The molecular weight excluding hydrogens is 246 g/mol. The molecule has 0 unspecified atom stereocenters. The van der Waals surface area contributed by atoms with Crippen LogP contribution in [-0.2, 0) is 12.8 Å². The van der Waals surface area contributed by atoms with Crippen molar-refractivity contribution in [2.45, 2.75) is 12.8 Å². The number of anilines is 1. The molecule has 0 atom stereocenters. The van der Waals surface area contributed by atoms with Gasteiger partial charge in [-0.2, -0.15) is 0 Å². The fraction of sp³-hybridized carbons (Fsp3) is 0.118. The summed E-state index contributed by atoms with van der Waals surface area (Å²) in [5.74, 6) is 0. The lowest BCUT2D eigenvalue weighted by Gasteiger charge is -2.07. The van der Waals surface area contributed by atoms with E-state index in [0.29, 0.717) is 0 Å². The van der Waals surface area contributed by atoms with Crippen LogP contribution in [-0.4, -0.2) is 10.8 Å². The van der Waals surface area contributed by atoms with E-state index in [9.17, 15) is 0 Å². The molecular formula is C17H15N3. The lowest BCUT2D eigenvalue weighted by Crippen LogP contribution is -2.27. The average Bonchev–Trinajstić information content (AvgIpc) is 2.83. The summed E-state index contributed by atoms with van der Waals surface area (Å²) in [5, 5.41) is 2.46. The van der Waals surface area contributed by atoms with Gasteiger partial charge in [-0.25, -0.2) is 0 Å². The van der Waals surface area contributed by atoms with Gasteiger partial charge in [-0.3, -0.25) is 4.99 Å². The van der Waals surface area contributed by atoms with Crippen molar-refractivity contribution in [2.75, 3.05) is 5.73 Å². The van der Waals surface area contributed by atoms with E-state index < -0.39 is 0 Å². The maximum absolute atomic E-state index is 5.80. The molecule has 20 heavy (non-hydrogen) atoms. The predicted molar refractivity (Wildman–Crippen MR) is 83.4 cm³/mol. The number of hydrogen-bond donors (Lipinski definition) is 1. The van der Waals surface area contributed by atoms with Gasteiger partial charge in [-0.1, -0.05) is 12.2 Å². The lowest BCUT2D eigenvalue weighted by atomic mass is 10.0. The molecule has 1 aliphatic carbocycles. The van der Waals surface area contributed by atoms with E-state index in [1.165, 1.54) is 21.8 Å². The molecule has 0 radical (unpaired) electrons. The van der Waals surface area contributed by atoms with Crippen molar-refractivity contribution in [3.05, 3.63) is 58.2 Å². The smallest absolute Gasteiger partial charge is 0.0683 e. The Hall–Kier alpha value is -2.55. The van der Waals surface area contributed by atoms with Crippen molar-refractivity contribution < 1.29 is 0 Å². The fourth-order valence-electron chi connectivity index (χ4n) is 2.99. The molecule has 2 N–H and O–H groups in total. The Labute approximate surface area is 117 Å². The van der Waals surface area contributed by atoms with E-state index in [0.717, 1.165) is 24.2 Å². The number of benzene rings is 1. The monoisotopic (exact) mass is 261 g/mol. The zero-order valence-electron chi connectivity index (χ0n) is 11.1. The summed E-state index contributed by atoms with van der Waals surface area (Å²) in [5.41, 5.74) is 10.5. The molecule has 3 heteroatoms. The van der Waals surface area contributed by atoms with Crippen LogP contribution in [0.5, 0.6) is 0 Å². The molecule has 2 heterocycles. The number of nitrogens with two attached hydrogens (primary N) is 1. The summed E-state index contributed by atoms with van der Waals surface area (Å²) in [7, 11) is 0. The van der Waals surface area contributed by atoms with Gasteiger partial charge in [0.1, 0.15) is 0 Å². The van der Waals surface area contributed by atoms with Crippen LogP contribution >= 0.6 is 0 Å². The molecule has 0 spiro atoms. The van der Waals surface area contributed by atoms with Gasteiger partial charge in [0.15, 0.2) is 0 Å². The second-order valence-electron chi connectivity index (χ2n) is 5.12. The van der Waals surface area contributed by atoms with Gasteiger partial charge in [-0.15, -0.1) is 0 Å². The van der Waals surface area contributed by atoms with Crippen LogP contribution in [0.3, 0.4) is 0 Å². The highest BCUT2D eigenvalue weighted by atomic mass is 15.0. The van der Waals surface area contributed by atoms with Gasteiger partial charge in [0.05, 0.1) is 16.9 Å². The van der Waals surface area contributed by atoms with Crippen molar-refractivity contribution >= 4 is 24.2 Å². The van der Waals surface area contributed by atoms with Crippen LogP contribution in [0.2, 0.25) is 0 Å². The van der Waals surface area contributed by atoms with E-state index in [1.807, 2.05) is 24.5 Å². The highest BCUT2D eigenvalue weighted by molar-refractivity contribution is 5.70. The number of nitrogen functional groups attached to an aromatic ring is 1. The summed E-state index contributed by atoms with van der Waals surface area (Å²) < 4.78 is 2.28. The van der Waals surface area contributed by atoms with E-state index in [-0.39, 0.29) is 0 Å². The Morgan fingerprint density at radius 3 is 2.65 bits per heavy atom. The molecule has 1 aliphatic heterocycles. The van der Waals surface area contributed by atoms with Crippen LogP contribution in [0.4, 0.5) is 5.69 Å². The highest BCUT2D eigenvalue weighted by Gasteiger charge is 2.16. The molecule has 98 valence electrons. The van der Waals surface area contributed by atoms with Crippen LogP contribution in [0, 0.1) is 0 Å². The van der Waals surface area contributed by atoms with Crippen LogP contribution in [0.25, 0.3) is 18.0 Å². The van der Waals surface area contributed by atoms with E-state index >= 15 is 0 Å². The van der Waals surface area contributed by atoms with Crippen LogP contribution < -0.4 is 16.4 Å². The number of aliphatic imine (C=N–C) groups is 1. The Bertz CT molecular complexity index is 800. The first-order valence-corrected chi connectivity index (χ1v) is 6.81. The second-order valence-corrected chi connectivity index (χ2v) is 5.12. The SMILES string of the molecule is Nc1ccc(-n2c3c(c4c2=CN=CC4)CC=CC=3)cc1. The molecule has 0 bridgehead atoms. The quantitative estimate of drug-likeness (QED) is 0.773. The maximum atomic E-state index is 5.80. The van der Waals surface area contributed by atoms with E-state index in [1.54, 1.807) is 0 Å². The molecule has 0 saturated carbocycles. The molecule has 3 nitrogen and oxygen atoms in total. The molecule has 2 aliphatic rings. The maximum Gasteiger partial charge on any atom is 0.0683 e. The Morgan fingerprint density at radius 1 is 1.00 bits per heavy atom. The summed E-state index contributed by atoms with van der Waals surface area (Å²) in [6.45, 7) is 0. The minimum absolute atomic E-state index is 0.787. The first kappa shape index (κ1) is 11.3. The van der Waals surface area contributed by atoms with Crippen LogP contribution in [0.1, 0.15) is 11.1 Å². The van der Waals surface area contributed by atoms with Gasteiger partial charge in [-0.05, 0) is 47.9 Å². The van der Waals surface area contributed by atoms with Crippen molar-refractivity contribution in [1.29, 1.82) is 0 Å². The first-order valence-electron chi connectivity index (χ1n) is 6.81. The standard InChI is InChI=1S/C17H15N3/c18-12-5-7-13(8-6-12)20-16-4-2-1-3-14(16)15-9-10-19-11-17(15)20/h1-2,4-8,10-11H,3,9,18H2. The zero-order chi connectivity index (χ0) is 13.5. The zero-order valence-corrected chi connectivity index (χ0v) is 11.1. The Balaban J connectivity index is 2.09. The minimum Gasteiger partial charge on any atom is -0.399 e. The van der Waals surface area contributed by atoms with Gasteiger partial charge >= 0.3 is 0 Å². The number of aromatic nitrogens is 1. The highest BCUT2D eigenvalue weighted by Crippen LogP contribution is 2.13. The number of fused-ring (bicyclic) bond motifs is 3. The summed E-state index contributed by atoms with van der Waals surface area (Å²) in [6, 6.07) is 8.01. The molecule has 0 fully saturated rings. The summed E-state index contributed by atoms with van der Waals surface area (Å²) in [4.78, 5) is 4.34. The molecule has 4 rings (SSSR count). The third kappa shape index (κ3) is 1.56. The van der Waals surface area contributed by atoms with Gasteiger partial charge in [0, 0.05) is 24.0 Å². The number of hydrogen-bond acceptors (Lipinski definition) is 2.